The molecule has 0 aliphatic rings. The molecule has 1 aromatic carbocycles. The molecule has 4 nitrogen and oxygen atoms in total. The van der Waals surface area contributed by atoms with Crippen LogP contribution in [0, 0.1) is 19.7 Å². The van der Waals surface area contributed by atoms with Crippen molar-refractivity contribution in [3.05, 3.63) is 23.0 Å². The average molecular weight is 274 g/mol. The van der Waals surface area contributed by atoms with E-state index in [1.165, 1.54) is 18.3 Å². The standard InChI is InChI=1S/C12H19FN2O2S/c1-5-6-15(4)18(16,17)12-8(2)7-10(13)11(14)9(12)3/h7H,5-6,14H2,1-4H3. The van der Waals surface area contributed by atoms with Crippen LogP contribution in [-0.2, 0) is 10.0 Å². The first-order chi connectivity index (χ1) is 8.23. The molecule has 0 heterocycles. The molecule has 0 atom stereocenters. The predicted octanol–water partition coefficient (Wildman–Crippen LogP) is 2.06. The maximum Gasteiger partial charge on any atom is 0.243 e. The second-order valence-corrected chi connectivity index (χ2v) is 6.35. The zero-order valence-electron chi connectivity index (χ0n) is 11.1. The largest absolute Gasteiger partial charge is 0.396 e. The van der Waals surface area contributed by atoms with Gasteiger partial charge >= 0.3 is 0 Å². The molecule has 0 spiro atoms. The molecule has 0 radical (unpaired) electrons. The van der Waals surface area contributed by atoms with E-state index in [-0.39, 0.29) is 16.1 Å². The number of aryl methyl sites for hydroxylation is 1. The molecule has 2 N–H and O–H groups in total. The van der Waals surface area contributed by atoms with E-state index in [4.69, 9.17) is 5.73 Å². The summed E-state index contributed by atoms with van der Waals surface area (Å²) < 4.78 is 39.4. The number of nitrogens with zero attached hydrogens (tertiary/aromatic N) is 1. The van der Waals surface area contributed by atoms with Gasteiger partial charge in [-0.25, -0.2) is 17.1 Å². The lowest BCUT2D eigenvalue weighted by Crippen LogP contribution is -2.29. The minimum Gasteiger partial charge on any atom is -0.396 e. The van der Waals surface area contributed by atoms with Crippen LogP contribution in [0.25, 0.3) is 0 Å². The van der Waals surface area contributed by atoms with Crippen molar-refractivity contribution in [1.29, 1.82) is 0 Å². The normalized spacial score (nSPS) is 12.1. The smallest absolute Gasteiger partial charge is 0.243 e. The summed E-state index contributed by atoms with van der Waals surface area (Å²) in [5.74, 6) is -0.581. The molecule has 1 aromatic rings. The lowest BCUT2D eigenvalue weighted by molar-refractivity contribution is 0.467. The Morgan fingerprint density at radius 3 is 2.44 bits per heavy atom. The van der Waals surface area contributed by atoms with Crippen LogP contribution in [0.4, 0.5) is 10.1 Å². The van der Waals surface area contributed by atoms with E-state index >= 15 is 0 Å². The van der Waals surface area contributed by atoms with Gasteiger partial charge in [-0.15, -0.1) is 0 Å². The Balaban J connectivity index is 3.47. The highest BCUT2D eigenvalue weighted by Gasteiger charge is 2.26. The van der Waals surface area contributed by atoms with Crippen LogP contribution >= 0.6 is 0 Å². The summed E-state index contributed by atoms with van der Waals surface area (Å²) in [6.45, 7) is 5.41. The fourth-order valence-electron chi connectivity index (χ4n) is 1.92. The molecule has 102 valence electrons. The van der Waals surface area contributed by atoms with Gasteiger partial charge in [-0.05, 0) is 37.5 Å². The Bertz CT molecular complexity index is 556. The molecule has 1 rings (SSSR count). The van der Waals surface area contributed by atoms with Crippen molar-refractivity contribution < 1.29 is 12.8 Å². The summed E-state index contributed by atoms with van der Waals surface area (Å²) in [6.07, 6.45) is 0.713. The van der Waals surface area contributed by atoms with Crippen LogP contribution in [0.2, 0.25) is 0 Å². The topological polar surface area (TPSA) is 63.4 Å². The summed E-state index contributed by atoms with van der Waals surface area (Å²) in [4.78, 5) is 0.109. The SMILES string of the molecule is CCCN(C)S(=O)(=O)c1c(C)cc(F)c(N)c1C. The molecule has 0 aromatic heterocycles. The third kappa shape index (κ3) is 2.49. The fraction of sp³-hybridized carbons (Fsp3) is 0.500. The maximum atomic E-state index is 13.4. The second-order valence-electron chi connectivity index (χ2n) is 4.37. The molecular weight excluding hydrogens is 255 g/mol. The van der Waals surface area contributed by atoms with Gasteiger partial charge in [0, 0.05) is 13.6 Å². The Morgan fingerprint density at radius 2 is 1.94 bits per heavy atom. The van der Waals surface area contributed by atoms with Gasteiger partial charge in [0.2, 0.25) is 10.0 Å². The maximum absolute atomic E-state index is 13.4. The highest BCUT2D eigenvalue weighted by molar-refractivity contribution is 7.89. The zero-order valence-corrected chi connectivity index (χ0v) is 11.9. The third-order valence-corrected chi connectivity index (χ3v) is 5.06. The Hall–Kier alpha value is -1.14. The van der Waals surface area contributed by atoms with Crippen molar-refractivity contribution in [2.75, 3.05) is 19.3 Å². The number of sulfonamides is 1. The number of hydrogen-bond acceptors (Lipinski definition) is 3. The molecule has 6 heteroatoms. The molecule has 0 unspecified atom stereocenters. The van der Waals surface area contributed by atoms with Gasteiger partial charge in [-0.1, -0.05) is 6.92 Å². The van der Waals surface area contributed by atoms with E-state index in [1.807, 2.05) is 6.92 Å². The molecule has 0 aliphatic heterocycles. The van der Waals surface area contributed by atoms with Gasteiger partial charge in [-0.2, -0.15) is 0 Å². The lowest BCUT2D eigenvalue weighted by atomic mass is 10.1. The summed E-state index contributed by atoms with van der Waals surface area (Å²) in [5.41, 5.74) is 6.11. The molecule has 0 aliphatic carbocycles. The van der Waals surface area contributed by atoms with Gasteiger partial charge in [0.15, 0.2) is 0 Å². The first-order valence-electron chi connectivity index (χ1n) is 5.75. The van der Waals surface area contributed by atoms with Crippen molar-refractivity contribution in [1.82, 2.24) is 4.31 Å². The Kier molecular flexibility index (Phi) is 4.34. The van der Waals surface area contributed by atoms with Gasteiger partial charge in [0.1, 0.15) is 5.82 Å². The Labute approximate surface area is 108 Å². The number of rotatable bonds is 4. The van der Waals surface area contributed by atoms with Crippen LogP contribution < -0.4 is 5.73 Å². The molecule has 0 saturated heterocycles. The van der Waals surface area contributed by atoms with Crippen molar-refractivity contribution in [2.24, 2.45) is 0 Å². The van der Waals surface area contributed by atoms with Crippen molar-refractivity contribution in [3.8, 4) is 0 Å². The van der Waals surface area contributed by atoms with Crippen LogP contribution in [0.3, 0.4) is 0 Å². The highest BCUT2D eigenvalue weighted by Crippen LogP contribution is 2.29. The van der Waals surface area contributed by atoms with Crippen molar-refractivity contribution in [2.45, 2.75) is 32.1 Å². The van der Waals surface area contributed by atoms with E-state index in [2.05, 4.69) is 0 Å². The highest BCUT2D eigenvalue weighted by atomic mass is 32.2. The van der Waals surface area contributed by atoms with Crippen LogP contribution in [0.1, 0.15) is 24.5 Å². The lowest BCUT2D eigenvalue weighted by Gasteiger charge is -2.20. The molecule has 0 saturated carbocycles. The summed E-state index contributed by atoms with van der Waals surface area (Å²) >= 11 is 0. The quantitative estimate of drug-likeness (QED) is 0.855. The van der Waals surface area contributed by atoms with Gasteiger partial charge in [-0.3, -0.25) is 0 Å². The summed E-state index contributed by atoms with van der Waals surface area (Å²) in [6, 6.07) is 1.16. The summed E-state index contributed by atoms with van der Waals surface area (Å²) in [5, 5.41) is 0. The number of nitrogens with two attached hydrogens (primary N) is 1. The van der Waals surface area contributed by atoms with Crippen LogP contribution in [0.5, 0.6) is 0 Å². The molecule has 0 fully saturated rings. The van der Waals surface area contributed by atoms with E-state index in [1.54, 1.807) is 6.92 Å². The molecular formula is C12H19FN2O2S. The monoisotopic (exact) mass is 274 g/mol. The molecule has 18 heavy (non-hydrogen) atoms. The van der Waals surface area contributed by atoms with Crippen molar-refractivity contribution >= 4 is 15.7 Å². The van der Waals surface area contributed by atoms with E-state index in [9.17, 15) is 12.8 Å². The first-order valence-corrected chi connectivity index (χ1v) is 7.19. The van der Waals surface area contributed by atoms with Crippen LogP contribution in [-0.4, -0.2) is 26.3 Å². The Morgan fingerprint density at radius 1 is 1.39 bits per heavy atom. The minimum absolute atomic E-state index is 0.107. The van der Waals surface area contributed by atoms with Gasteiger partial charge in [0.25, 0.3) is 0 Å². The van der Waals surface area contributed by atoms with Crippen LogP contribution in [0.15, 0.2) is 11.0 Å². The molecule has 0 bridgehead atoms. The van der Waals surface area contributed by atoms with E-state index in [0.29, 0.717) is 18.5 Å². The van der Waals surface area contributed by atoms with E-state index in [0.717, 1.165) is 6.07 Å². The van der Waals surface area contributed by atoms with E-state index < -0.39 is 15.8 Å². The third-order valence-electron chi connectivity index (χ3n) is 2.91. The number of hydrogen-bond donors (Lipinski definition) is 1. The van der Waals surface area contributed by atoms with Gasteiger partial charge < -0.3 is 5.73 Å². The zero-order chi connectivity index (χ0) is 14.1. The predicted molar refractivity (Wildman–Crippen MR) is 70.4 cm³/mol. The first kappa shape index (κ1) is 14.9. The number of anilines is 1. The minimum atomic E-state index is -3.62. The van der Waals surface area contributed by atoms with Crippen molar-refractivity contribution in [3.63, 3.8) is 0 Å². The number of nitrogen functional groups attached to an aromatic ring is 1. The number of halogens is 1. The average Bonchev–Trinajstić information content (AvgIpc) is 2.26. The summed E-state index contributed by atoms with van der Waals surface area (Å²) in [7, 11) is -2.10. The number of benzene rings is 1. The fourth-order valence-corrected chi connectivity index (χ4v) is 3.62. The second kappa shape index (κ2) is 5.24. The van der Waals surface area contributed by atoms with Gasteiger partial charge in [0.05, 0.1) is 10.6 Å². The molecule has 0 amide bonds.